The van der Waals surface area contributed by atoms with Crippen LogP contribution in [-0.2, 0) is 6.42 Å². The fourth-order valence-corrected chi connectivity index (χ4v) is 3.80. The Morgan fingerprint density at radius 3 is 3.00 bits per heavy atom. The van der Waals surface area contributed by atoms with Crippen molar-refractivity contribution in [3.63, 3.8) is 0 Å². The summed E-state index contributed by atoms with van der Waals surface area (Å²) in [7, 11) is 0. The van der Waals surface area contributed by atoms with Gasteiger partial charge in [0, 0.05) is 42.3 Å². The molecule has 0 radical (unpaired) electrons. The summed E-state index contributed by atoms with van der Waals surface area (Å²) in [4.78, 5) is 7.14. The number of aromatic amines is 1. The molecule has 142 valence electrons. The molecule has 1 aliphatic heterocycles. The summed E-state index contributed by atoms with van der Waals surface area (Å²) in [6, 6.07) is 6.63. The Bertz CT molecular complexity index is 918. The Morgan fingerprint density at radius 1 is 1.30 bits per heavy atom. The van der Waals surface area contributed by atoms with E-state index in [0.29, 0.717) is 17.8 Å². The molecule has 1 aromatic carbocycles. The van der Waals surface area contributed by atoms with Crippen molar-refractivity contribution in [2.24, 2.45) is 5.92 Å². The molecule has 1 aliphatic rings. The Balaban J connectivity index is 1.61. The van der Waals surface area contributed by atoms with Crippen LogP contribution in [0.15, 0.2) is 24.4 Å². The first-order chi connectivity index (χ1) is 13.1. The number of H-pyrrole nitrogens is 1. The lowest BCUT2D eigenvalue weighted by molar-refractivity contribution is 0.387. The van der Waals surface area contributed by atoms with Gasteiger partial charge in [-0.2, -0.15) is 10.2 Å². The summed E-state index contributed by atoms with van der Waals surface area (Å²) < 4.78 is 0. The number of hydrogen-bond donors (Lipinski definition) is 2. The van der Waals surface area contributed by atoms with Crippen LogP contribution < -0.4 is 10.2 Å². The highest BCUT2D eigenvalue weighted by Crippen LogP contribution is 2.24. The van der Waals surface area contributed by atoms with Gasteiger partial charge in [0.2, 0.25) is 0 Å². The number of piperazine rings is 1. The summed E-state index contributed by atoms with van der Waals surface area (Å²) in [6.07, 6.45) is 3.85. The van der Waals surface area contributed by atoms with E-state index in [0.717, 1.165) is 54.0 Å². The van der Waals surface area contributed by atoms with E-state index < -0.39 is 0 Å². The first kappa shape index (κ1) is 17.9. The summed E-state index contributed by atoms with van der Waals surface area (Å²) in [5.74, 6) is 2.24. The highest BCUT2D eigenvalue weighted by molar-refractivity contribution is 5.85. The van der Waals surface area contributed by atoms with Gasteiger partial charge in [-0.15, -0.1) is 5.10 Å². The fraction of sp³-hybridized carbons (Fsp3) is 0.500. The van der Waals surface area contributed by atoms with E-state index in [2.05, 4.69) is 57.4 Å². The van der Waals surface area contributed by atoms with Gasteiger partial charge in [0.05, 0.1) is 11.7 Å². The number of aromatic nitrogens is 5. The van der Waals surface area contributed by atoms with Crippen molar-refractivity contribution in [1.82, 2.24) is 30.7 Å². The van der Waals surface area contributed by atoms with Crippen LogP contribution in [0.25, 0.3) is 22.3 Å². The minimum Gasteiger partial charge on any atom is -0.352 e. The molecule has 0 saturated carbocycles. The van der Waals surface area contributed by atoms with E-state index in [1.54, 1.807) is 6.20 Å². The second kappa shape index (κ2) is 7.60. The van der Waals surface area contributed by atoms with Crippen LogP contribution in [0.5, 0.6) is 0 Å². The molecule has 0 amide bonds. The first-order valence-corrected chi connectivity index (χ1v) is 9.79. The largest absolute Gasteiger partial charge is 0.352 e. The van der Waals surface area contributed by atoms with Crippen molar-refractivity contribution in [2.45, 2.75) is 39.7 Å². The smallest absolute Gasteiger partial charge is 0.183 e. The van der Waals surface area contributed by atoms with Crippen molar-refractivity contribution < 1.29 is 0 Å². The maximum absolute atomic E-state index is 4.82. The van der Waals surface area contributed by atoms with Crippen molar-refractivity contribution in [1.29, 1.82) is 0 Å². The maximum Gasteiger partial charge on any atom is 0.183 e. The fourth-order valence-electron chi connectivity index (χ4n) is 3.80. The average Bonchev–Trinajstić information content (AvgIpc) is 3.10. The Morgan fingerprint density at radius 2 is 2.19 bits per heavy atom. The second-order valence-electron chi connectivity index (χ2n) is 7.65. The molecule has 4 rings (SSSR count). The summed E-state index contributed by atoms with van der Waals surface area (Å²) >= 11 is 0. The van der Waals surface area contributed by atoms with E-state index in [4.69, 9.17) is 4.98 Å². The van der Waals surface area contributed by atoms with Crippen LogP contribution in [-0.4, -0.2) is 51.1 Å². The molecule has 3 aromatic rings. The van der Waals surface area contributed by atoms with Gasteiger partial charge in [-0.05, 0) is 37.0 Å². The van der Waals surface area contributed by atoms with Crippen molar-refractivity contribution in [3.05, 3.63) is 30.1 Å². The van der Waals surface area contributed by atoms with Gasteiger partial charge in [0.1, 0.15) is 0 Å². The number of nitrogens with one attached hydrogen (secondary N) is 2. The molecule has 0 aliphatic carbocycles. The molecule has 1 atom stereocenters. The normalized spacial score (nSPS) is 17.8. The van der Waals surface area contributed by atoms with Crippen LogP contribution in [0, 0.1) is 5.92 Å². The molecule has 3 heterocycles. The predicted octanol–water partition coefficient (Wildman–Crippen LogP) is 2.80. The molecule has 0 bridgehead atoms. The SMILES string of the molecule is CCc1[nH]nc2ccc(-c3nncc(N4CCNC(CC(C)C)C4)n3)cc12. The van der Waals surface area contributed by atoms with Gasteiger partial charge in [-0.25, -0.2) is 4.98 Å². The summed E-state index contributed by atoms with van der Waals surface area (Å²) in [5.41, 5.74) is 3.08. The molecule has 0 spiro atoms. The highest BCUT2D eigenvalue weighted by Gasteiger charge is 2.22. The number of anilines is 1. The van der Waals surface area contributed by atoms with Crippen LogP contribution in [0.1, 0.15) is 32.9 Å². The van der Waals surface area contributed by atoms with Gasteiger partial charge in [0.15, 0.2) is 11.6 Å². The summed E-state index contributed by atoms with van der Waals surface area (Å²) in [5, 5.41) is 20.7. The Kier molecular flexibility index (Phi) is 5.03. The zero-order valence-electron chi connectivity index (χ0n) is 16.2. The van der Waals surface area contributed by atoms with Crippen LogP contribution in [0.4, 0.5) is 5.82 Å². The topological polar surface area (TPSA) is 82.6 Å². The number of hydrogen-bond acceptors (Lipinski definition) is 6. The van der Waals surface area contributed by atoms with E-state index in [1.807, 2.05) is 12.1 Å². The Labute approximate surface area is 159 Å². The van der Waals surface area contributed by atoms with Gasteiger partial charge in [-0.3, -0.25) is 5.10 Å². The molecule has 27 heavy (non-hydrogen) atoms. The maximum atomic E-state index is 4.82. The molecule has 2 aromatic heterocycles. The van der Waals surface area contributed by atoms with E-state index >= 15 is 0 Å². The molecule has 1 unspecified atom stereocenters. The lowest BCUT2D eigenvalue weighted by Gasteiger charge is -2.35. The van der Waals surface area contributed by atoms with E-state index in [-0.39, 0.29) is 0 Å². The van der Waals surface area contributed by atoms with Gasteiger partial charge in [0.25, 0.3) is 0 Å². The third-order valence-corrected chi connectivity index (χ3v) is 5.13. The predicted molar refractivity (Wildman–Crippen MR) is 108 cm³/mol. The number of nitrogens with zero attached hydrogens (tertiary/aromatic N) is 5. The third-order valence-electron chi connectivity index (χ3n) is 5.13. The quantitative estimate of drug-likeness (QED) is 0.723. The van der Waals surface area contributed by atoms with Crippen molar-refractivity contribution in [3.8, 4) is 11.4 Å². The van der Waals surface area contributed by atoms with Gasteiger partial charge >= 0.3 is 0 Å². The van der Waals surface area contributed by atoms with Crippen molar-refractivity contribution >= 4 is 16.7 Å². The molecule has 1 fully saturated rings. The van der Waals surface area contributed by atoms with Crippen molar-refractivity contribution in [2.75, 3.05) is 24.5 Å². The van der Waals surface area contributed by atoms with Gasteiger partial charge < -0.3 is 10.2 Å². The third kappa shape index (κ3) is 3.78. The number of rotatable bonds is 5. The minimum atomic E-state index is 0.492. The minimum absolute atomic E-state index is 0.492. The van der Waals surface area contributed by atoms with Crippen LogP contribution >= 0.6 is 0 Å². The van der Waals surface area contributed by atoms with Gasteiger partial charge in [-0.1, -0.05) is 20.8 Å². The number of benzene rings is 1. The molecular weight excluding hydrogens is 338 g/mol. The summed E-state index contributed by atoms with van der Waals surface area (Å²) in [6.45, 7) is 9.52. The average molecular weight is 365 g/mol. The lowest BCUT2D eigenvalue weighted by Crippen LogP contribution is -2.51. The zero-order valence-corrected chi connectivity index (χ0v) is 16.2. The zero-order chi connectivity index (χ0) is 18.8. The second-order valence-corrected chi connectivity index (χ2v) is 7.65. The van der Waals surface area contributed by atoms with E-state index in [1.165, 1.54) is 6.42 Å². The standard InChI is InChI=1S/C20H27N7/c1-4-17-16-10-14(5-6-18(16)25-24-17)20-23-19(11-22-26-20)27-8-7-21-15(12-27)9-13(2)3/h5-6,10-11,13,15,21H,4,7-9,12H2,1-3H3,(H,24,25). The van der Waals surface area contributed by atoms with Crippen LogP contribution in [0.3, 0.4) is 0 Å². The van der Waals surface area contributed by atoms with E-state index in [9.17, 15) is 0 Å². The molecule has 7 heteroatoms. The molecular formula is C20H27N7. The van der Waals surface area contributed by atoms with Crippen LogP contribution in [0.2, 0.25) is 0 Å². The number of fused-ring (bicyclic) bond motifs is 1. The molecule has 2 N–H and O–H groups in total. The first-order valence-electron chi connectivity index (χ1n) is 9.79. The monoisotopic (exact) mass is 365 g/mol. The Hall–Kier alpha value is -2.54. The number of aryl methyl sites for hydroxylation is 1. The highest BCUT2D eigenvalue weighted by atomic mass is 15.3. The molecule has 1 saturated heterocycles. The molecule has 7 nitrogen and oxygen atoms in total. The lowest BCUT2D eigenvalue weighted by atomic mass is 10.0.